The molecule has 2 aromatic heterocycles. The van der Waals surface area contributed by atoms with E-state index in [0.29, 0.717) is 37.7 Å². The van der Waals surface area contributed by atoms with Gasteiger partial charge >= 0.3 is 0 Å². The van der Waals surface area contributed by atoms with Gasteiger partial charge in [-0.1, -0.05) is 38.6 Å². The Morgan fingerprint density at radius 2 is 2.15 bits per heavy atom. The first-order valence-corrected chi connectivity index (χ1v) is 12.8. The monoisotopic (exact) mass is 491 g/mol. The number of oxazole rings is 1. The Balaban J connectivity index is 1.66. The van der Waals surface area contributed by atoms with Crippen LogP contribution in [0.25, 0.3) is 0 Å². The van der Waals surface area contributed by atoms with Gasteiger partial charge in [0.05, 0.1) is 22.9 Å². The van der Waals surface area contributed by atoms with Crippen molar-refractivity contribution < 1.29 is 14.0 Å². The van der Waals surface area contributed by atoms with Crippen LogP contribution in [-0.4, -0.2) is 65.3 Å². The zero-order chi connectivity index (χ0) is 24.2. The van der Waals surface area contributed by atoms with E-state index in [1.54, 1.807) is 28.9 Å². The number of likely N-dealkylation sites (tertiary alicyclic amines) is 1. The molecule has 1 fully saturated rings. The van der Waals surface area contributed by atoms with E-state index < -0.39 is 0 Å². The lowest BCUT2D eigenvalue weighted by Crippen LogP contribution is -2.45. The van der Waals surface area contributed by atoms with Crippen molar-refractivity contribution in [3.8, 4) is 0 Å². The number of piperidine rings is 1. The SMILES string of the molecule is CN(C)CC=CC(=O)N1CCC(C(N)=O)C(c2nc(SCc3ncc(C(C)(C)C)o3)cs2)C1. The molecule has 2 aromatic rings. The van der Waals surface area contributed by atoms with E-state index in [1.165, 1.54) is 11.3 Å². The molecule has 1 aliphatic rings. The van der Waals surface area contributed by atoms with Gasteiger partial charge in [-0.25, -0.2) is 9.97 Å². The molecule has 2 atom stereocenters. The van der Waals surface area contributed by atoms with E-state index in [4.69, 9.17) is 15.1 Å². The van der Waals surface area contributed by atoms with Crippen molar-refractivity contribution in [2.24, 2.45) is 11.7 Å². The maximum absolute atomic E-state index is 12.6. The number of nitrogens with two attached hydrogens (primary N) is 1. The maximum atomic E-state index is 12.6. The highest BCUT2D eigenvalue weighted by Crippen LogP contribution is 2.36. The van der Waals surface area contributed by atoms with Crippen LogP contribution < -0.4 is 5.73 Å². The van der Waals surface area contributed by atoms with Crippen molar-refractivity contribution in [2.45, 2.75) is 49.3 Å². The number of aromatic nitrogens is 2. The predicted octanol–water partition coefficient (Wildman–Crippen LogP) is 3.26. The fraction of sp³-hybridized carbons (Fsp3) is 0.565. The van der Waals surface area contributed by atoms with Crippen molar-refractivity contribution >= 4 is 34.9 Å². The third kappa shape index (κ3) is 6.91. The van der Waals surface area contributed by atoms with Gasteiger partial charge in [0.15, 0.2) is 0 Å². The predicted molar refractivity (Wildman–Crippen MR) is 131 cm³/mol. The standard InChI is InChI=1S/C23H33N5O3S2/c1-23(2,3)17-11-25-18(31-17)13-32-19-14-33-22(26-19)16-12-28(10-8-15(16)21(24)30)20(29)7-6-9-27(4)5/h6-7,11,14-16H,8-10,12-13H2,1-5H3,(H2,24,30). The highest BCUT2D eigenvalue weighted by atomic mass is 32.2. The number of thiazole rings is 1. The molecule has 2 N–H and O–H groups in total. The second kappa shape index (κ2) is 10.8. The van der Waals surface area contributed by atoms with Gasteiger partial charge in [-0.3, -0.25) is 9.59 Å². The highest BCUT2D eigenvalue weighted by Gasteiger charge is 2.37. The van der Waals surface area contributed by atoms with Gasteiger partial charge in [0, 0.05) is 42.4 Å². The molecule has 1 aliphatic heterocycles. The molecule has 0 bridgehead atoms. The van der Waals surface area contributed by atoms with Crippen LogP contribution in [0.4, 0.5) is 0 Å². The number of amides is 2. The Bertz CT molecular complexity index is 992. The Hall–Kier alpha value is -2.17. The lowest BCUT2D eigenvalue weighted by Gasteiger charge is -2.35. The zero-order valence-corrected chi connectivity index (χ0v) is 21.5. The topological polar surface area (TPSA) is 106 Å². The Labute approximate surface area is 203 Å². The van der Waals surface area contributed by atoms with Crippen molar-refractivity contribution in [1.29, 1.82) is 0 Å². The van der Waals surface area contributed by atoms with Crippen LogP contribution in [0.1, 0.15) is 49.8 Å². The summed E-state index contributed by atoms with van der Waals surface area (Å²) in [7, 11) is 3.90. The quantitative estimate of drug-likeness (QED) is 0.446. The molecule has 0 aromatic carbocycles. The van der Waals surface area contributed by atoms with Crippen LogP contribution in [0.3, 0.4) is 0 Å². The van der Waals surface area contributed by atoms with Crippen molar-refractivity contribution in [2.75, 3.05) is 33.7 Å². The summed E-state index contributed by atoms with van der Waals surface area (Å²) < 4.78 is 5.86. The van der Waals surface area contributed by atoms with E-state index >= 15 is 0 Å². The van der Waals surface area contributed by atoms with Gasteiger partial charge in [-0.05, 0) is 20.5 Å². The summed E-state index contributed by atoms with van der Waals surface area (Å²) in [5.41, 5.74) is 5.61. The lowest BCUT2D eigenvalue weighted by atomic mass is 9.85. The van der Waals surface area contributed by atoms with E-state index in [9.17, 15) is 9.59 Å². The number of carbonyl (C=O) groups is 2. The van der Waals surface area contributed by atoms with Crippen LogP contribution in [0, 0.1) is 5.92 Å². The van der Waals surface area contributed by atoms with Gasteiger partial charge in [-0.15, -0.1) is 11.3 Å². The highest BCUT2D eigenvalue weighted by molar-refractivity contribution is 7.98. The first-order chi connectivity index (χ1) is 15.5. The smallest absolute Gasteiger partial charge is 0.246 e. The minimum Gasteiger partial charge on any atom is -0.444 e. The van der Waals surface area contributed by atoms with Crippen LogP contribution in [0.2, 0.25) is 0 Å². The fourth-order valence-corrected chi connectivity index (χ4v) is 5.46. The molecule has 0 aliphatic carbocycles. The van der Waals surface area contributed by atoms with Gasteiger partial charge in [0.2, 0.25) is 17.7 Å². The molecule has 3 rings (SSSR count). The van der Waals surface area contributed by atoms with E-state index in [-0.39, 0.29) is 29.1 Å². The normalized spacial score (nSPS) is 19.5. The number of carbonyl (C=O) groups excluding carboxylic acids is 2. The van der Waals surface area contributed by atoms with Crippen LogP contribution in [0.15, 0.2) is 33.2 Å². The summed E-state index contributed by atoms with van der Waals surface area (Å²) in [5, 5.41) is 3.66. The fourth-order valence-electron chi connectivity index (χ4n) is 3.58. The third-order valence-corrected chi connectivity index (χ3v) is 7.50. The van der Waals surface area contributed by atoms with Crippen LogP contribution in [-0.2, 0) is 20.8 Å². The molecule has 0 radical (unpaired) electrons. The number of nitrogens with zero attached hydrogens (tertiary/aromatic N) is 4. The zero-order valence-electron chi connectivity index (χ0n) is 19.9. The molecule has 1 saturated heterocycles. The average Bonchev–Trinajstić information content (AvgIpc) is 3.41. The van der Waals surface area contributed by atoms with Crippen LogP contribution in [0.5, 0.6) is 0 Å². The second-order valence-corrected chi connectivity index (χ2v) is 11.4. The molecular weight excluding hydrogens is 458 g/mol. The van der Waals surface area contributed by atoms with Crippen LogP contribution >= 0.6 is 23.1 Å². The first kappa shape index (κ1) is 25.5. The average molecular weight is 492 g/mol. The molecule has 3 heterocycles. The van der Waals surface area contributed by atoms with Crippen molar-refractivity contribution in [1.82, 2.24) is 19.8 Å². The minimum absolute atomic E-state index is 0.0468. The van der Waals surface area contributed by atoms with Gasteiger partial charge in [0.25, 0.3) is 0 Å². The summed E-state index contributed by atoms with van der Waals surface area (Å²) in [4.78, 5) is 37.6. The molecule has 33 heavy (non-hydrogen) atoms. The number of primary amides is 1. The summed E-state index contributed by atoms with van der Waals surface area (Å²) in [6, 6.07) is 0. The number of likely N-dealkylation sites (N-methyl/N-ethyl adjacent to an activating group) is 1. The van der Waals surface area contributed by atoms with Gasteiger partial charge < -0.3 is 20.0 Å². The van der Waals surface area contributed by atoms with Gasteiger partial charge in [0.1, 0.15) is 10.8 Å². The van der Waals surface area contributed by atoms with E-state index in [1.807, 2.05) is 30.5 Å². The molecule has 0 saturated carbocycles. The first-order valence-electron chi connectivity index (χ1n) is 11.0. The van der Waals surface area contributed by atoms with E-state index in [0.717, 1.165) is 15.8 Å². The Morgan fingerprint density at radius 1 is 1.39 bits per heavy atom. The molecule has 2 amide bonds. The number of thioether (sulfide) groups is 1. The van der Waals surface area contributed by atoms with Gasteiger partial charge in [-0.2, -0.15) is 0 Å². The Kier molecular flexibility index (Phi) is 8.36. The third-order valence-electron chi connectivity index (χ3n) is 5.48. The Morgan fingerprint density at radius 3 is 2.79 bits per heavy atom. The summed E-state index contributed by atoms with van der Waals surface area (Å²) in [5.74, 6) is 1.18. The molecule has 180 valence electrons. The number of rotatable bonds is 8. The number of hydrogen-bond acceptors (Lipinski definition) is 8. The molecule has 0 spiro atoms. The maximum Gasteiger partial charge on any atom is 0.246 e. The minimum atomic E-state index is -0.339. The number of hydrogen-bond donors (Lipinski definition) is 1. The summed E-state index contributed by atoms with van der Waals surface area (Å²) in [6.07, 6.45) is 5.78. The second-order valence-electron chi connectivity index (χ2n) is 9.53. The largest absolute Gasteiger partial charge is 0.444 e. The molecular formula is C23H33N5O3S2. The van der Waals surface area contributed by atoms with Crippen molar-refractivity contribution in [3.05, 3.63) is 40.4 Å². The summed E-state index contributed by atoms with van der Waals surface area (Å²) >= 11 is 3.05. The van der Waals surface area contributed by atoms with E-state index in [2.05, 4.69) is 25.8 Å². The summed E-state index contributed by atoms with van der Waals surface area (Å²) in [6.45, 7) is 7.91. The molecule has 2 unspecified atom stereocenters. The lowest BCUT2D eigenvalue weighted by molar-refractivity contribution is -0.131. The molecule has 8 nitrogen and oxygen atoms in total. The molecule has 10 heteroatoms. The van der Waals surface area contributed by atoms with Crippen molar-refractivity contribution in [3.63, 3.8) is 0 Å².